The van der Waals surface area contributed by atoms with E-state index in [4.69, 9.17) is 4.74 Å². The third-order valence-corrected chi connectivity index (χ3v) is 5.94. The summed E-state index contributed by atoms with van der Waals surface area (Å²) in [4.78, 5) is 13.2. The van der Waals surface area contributed by atoms with Crippen molar-refractivity contribution in [2.45, 2.75) is 17.2 Å². The molecule has 1 saturated heterocycles. The highest BCUT2D eigenvalue weighted by Gasteiger charge is 2.32. The molecule has 2 aromatic rings. The van der Waals surface area contributed by atoms with Gasteiger partial charge >= 0.3 is 6.18 Å². The topological polar surface area (TPSA) is 75.7 Å². The van der Waals surface area contributed by atoms with Crippen molar-refractivity contribution >= 4 is 15.9 Å². The van der Waals surface area contributed by atoms with Gasteiger partial charge in [-0.3, -0.25) is 4.79 Å². The molecule has 0 aromatic heterocycles. The number of benzene rings is 2. The van der Waals surface area contributed by atoms with Gasteiger partial charge < -0.3 is 9.64 Å². The Morgan fingerprint density at radius 3 is 2.53 bits per heavy atom. The summed E-state index contributed by atoms with van der Waals surface area (Å²) in [5.41, 5.74) is -0.439. The summed E-state index contributed by atoms with van der Waals surface area (Å²) < 4.78 is 83.7. The number of halogens is 4. The maximum atomic E-state index is 13.1. The highest BCUT2D eigenvalue weighted by Crippen LogP contribution is 2.30. The van der Waals surface area contributed by atoms with Crippen LogP contribution in [-0.4, -0.2) is 45.5 Å². The number of ether oxygens (including phenoxy) is 1. The molecule has 30 heavy (non-hydrogen) atoms. The van der Waals surface area contributed by atoms with Gasteiger partial charge in [-0.05, 0) is 35.9 Å². The van der Waals surface area contributed by atoms with Crippen molar-refractivity contribution < 1.29 is 35.5 Å². The van der Waals surface area contributed by atoms with Gasteiger partial charge in [-0.2, -0.15) is 13.2 Å². The van der Waals surface area contributed by atoms with Crippen LogP contribution in [0.15, 0.2) is 53.4 Å². The van der Waals surface area contributed by atoms with Crippen LogP contribution in [0.4, 0.5) is 17.6 Å². The Kier molecular flexibility index (Phi) is 6.44. The van der Waals surface area contributed by atoms with Crippen molar-refractivity contribution in [2.24, 2.45) is 0 Å². The number of hydrogen-bond acceptors (Lipinski definition) is 4. The highest BCUT2D eigenvalue weighted by atomic mass is 32.2. The monoisotopic (exact) mass is 446 g/mol. The second-order valence-corrected chi connectivity index (χ2v) is 8.37. The molecule has 2 aromatic carbocycles. The van der Waals surface area contributed by atoms with E-state index in [0.29, 0.717) is 11.6 Å². The van der Waals surface area contributed by atoms with Crippen molar-refractivity contribution in [3.8, 4) is 0 Å². The van der Waals surface area contributed by atoms with E-state index in [2.05, 4.69) is 0 Å². The lowest BCUT2D eigenvalue weighted by Gasteiger charge is -2.33. The number of carbonyl (C=O) groups is 1. The zero-order chi connectivity index (χ0) is 21.9. The molecule has 0 bridgehead atoms. The summed E-state index contributed by atoms with van der Waals surface area (Å²) in [7, 11) is -4.32. The summed E-state index contributed by atoms with van der Waals surface area (Å²) in [6, 6.07) is 8.86. The molecule has 0 radical (unpaired) electrons. The molecule has 6 nitrogen and oxygen atoms in total. The van der Waals surface area contributed by atoms with Gasteiger partial charge in [-0.15, -0.1) is 0 Å². The van der Waals surface area contributed by atoms with Crippen LogP contribution in [0.3, 0.4) is 0 Å². The number of carbonyl (C=O) groups excluding carboxylic acids is 1. The Balaban J connectivity index is 1.64. The minimum Gasteiger partial charge on any atom is -0.370 e. The molecule has 3 rings (SSSR count). The van der Waals surface area contributed by atoms with Crippen LogP contribution in [0.1, 0.15) is 17.2 Å². The van der Waals surface area contributed by atoms with Crippen LogP contribution < -0.4 is 4.72 Å². The standard InChI is InChI=1S/C19H18F4N2O4S/c20-15-6-4-13(5-7-15)17-12-25(8-9-29-17)18(26)11-24-30(27,28)16-3-1-2-14(10-16)19(21,22)23/h1-7,10,17,24H,8-9,11-12H2. The zero-order valence-corrected chi connectivity index (χ0v) is 16.3. The van der Waals surface area contributed by atoms with E-state index in [-0.39, 0.29) is 19.7 Å². The first-order valence-corrected chi connectivity index (χ1v) is 10.4. The Morgan fingerprint density at radius 1 is 1.17 bits per heavy atom. The van der Waals surface area contributed by atoms with E-state index in [9.17, 15) is 30.8 Å². The third-order valence-electron chi connectivity index (χ3n) is 4.55. The molecular weight excluding hydrogens is 428 g/mol. The van der Waals surface area contributed by atoms with E-state index < -0.39 is 51.0 Å². The van der Waals surface area contributed by atoms with Crippen molar-refractivity contribution in [2.75, 3.05) is 26.2 Å². The van der Waals surface area contributed by atoms with Crippen LogP contribution in [0.2, 0.25) is 0 Å². The molecule has 1 N–H and O–H groups in total. The molecule has 0 saturated carbocycles. The SMILES string of the molecule is O=C(CNS(=O)(=O)c1cccc(C(F)(F)F)c1)N1CCOC(c2ccc(F)cc2)C1. The van der Waals surface area contributed by atoms with Crippen molar-refractivity contribution in [1.82, 2.24) is 9.62 Å². The van der Waals surface area contributed by atoms with Crippen LogP contribution >= 0.6 is 0 Å². The van der Waals surface area contributed by atoms with Crippen molar-refractivity contribution in [3.05, 3.63) is 65.5 Å². The average molecular weight is 446 g/mol. The number of nitrogens with one attached hydrogen (secondary N) is 1. The Morgan fingerprint density at radius 2 is 1.87 bits per heavy atom. The molecule has 1 aliphatic rings. The number of hydrogen-bond donors (Lipinski definition) is 1. The molecular formula is C19H18F4N2O4S. The van der Waals surface area contributed by atoms with Gasteiger partial charge in [0, 0.05) is 6.54 Å². The predicted molar refractivity (Wildman–Crippen MR) is 98.3 cm³/mol. The minimum absolute atomic E-state index is 0.135. The van der Waals surface area contributed by atoms with Gasteiger partial charge in [0.15, 0.2) is 0 Å². The van der Waals surface area contributed by atoms with Gasteiger partial charge in [-0.1, -0.05) is 18.2 Å². The van der Waals surface area contributed by atoms with E-state index in [1.54, 1.807) is 0 Å². The first-order chi connectivity index (χ1) is 14.1. The number of rotatable bonds is 5. The van der Waals surface area contributed by atoms with Gasteiger partial charge in [0.25, 0.3) is 0 Å². The van der Waals surface area contributed by atoms with Gasteiger partial charge in [0.05, 0.1) is 30.2 Å². The first-order valence-electron chi connectivity index (χ1n) is 8.88. The zero-order valence-electron chi connectivity index (χ0n) is 15.5. The number of nitrogens with zero attached hydrogens (tertiary/aromatic N) is 1. The molecule has 0 aliphatic carbocycles. The number of morpholine rings is 1. The molecule has 162 valence electrons. The molecule has 1 unspecified atom stereocenters. The summed E-state index contributed by atoms with van der Waals surface area (Å²) in [6.07, 6.45) is -5.19. The van der Waals surface area contributed by atoms with E-state index in [1.165, 1.54) is 29.2 Å². The fourth-order valence-corrected chi connectivity index (χ4v) is 3.97. The number of sulfonamides is 1. The van der Waals surface area contributed by atoms with Crippen molar-refractivity contribution in [1.29, 1.82) is 0 Å². The molecule has 1 amide bonds. The Labute approximate surface area is 170 Å². The number of alkyl halides is 3. The van der Waals surface area contributed by atoms with Gasteiger partial charge in [0.1, 0.15) is 11.9 Å². The first kappa shape index (κ1) is 22.2. The van der Waals surface area contributed by atoms with Gasteiger partial charge in [-0.25, -0.2) is 17.5 Å². The molecule has 1 fully saturated rings. The van der Waals surface area contributed by atoms with E-state index in [0.717, 1.165) is 18.2 Å². The molecule has 1 aliphatic heterocycles. The largest absolute Gasteiger partial charge is 0.416 e. The third kappa shape index (κ3) is 5.35. The smallest absolute Gasteiger partial charge is 0.370 e. The highest BCUT2D eigenvalue weighted by molar-refractivity contribution is 7.89. The van der Waals surface area contributed by atoms with Crippen LogP contribution in [0.5, 0.6) is 0 Å². The lowest BCUT2D eigenvalue weighted by molar-refractivity contribution is -0.138. The quantitative estimate of drug-likeness (QED) is 0.717. The summed E-state index contributed by atoms with van der Waals surface area (Å²) in [5, 5.41) is 0. The lowest BCUT2D eigenvalue weighted by Crippen LogP contribution is -2.46. The second kappa shape index (κ2) is 8.70. The fraction of sp³-hybridized carbons (Fsp3) is 0.316. The normalized spacial score (nSPS) is 17.7. The molecule has 1 atom stereocenters. The Bertz CT molecular complexity index is 1010. The maximum absolute atomic E-state index is 13.1. The molecule has 1 heterocycles. The number of amides is 1. The van der Waals surface area contributed by atoms with Gasteiger partial charge in [0.2, 0.25) is 15.9 Å². The second-order valence-electron chi connectivity index (χ2n) is 6.60. The van der Waals surface area contributed by atoms with Crippen molar-refractivity contribution in [3.63, 3.8) is 0 Å². The predicted octanol–water partition coefficient (Wildman–Crippen LogP) is 2.72. The molecule has 0 spiro atoms. The lowest BCUT2D eigenvalue weighted by atomic mass is 10.1. The van der Waals surface area contributed by atoms with Crippen LogP contribution in [-0.2, 0) is 25.7 Å². The average Bonchev–Trinajstić information content (AvgIpc) is 2.72. The summed E-state index contributed by atoms with van der Waals surface area (Å²) in [6.45, 7) is -0.0551. The summed E-state index contributed by atoms with van der Waals surface area (Å²) >= 11 is 0. The fourth-order valence-electron chi connectivity index (χ4n) is 2.95. The van der Waals surface area contributed by atoms with Crippen LogP contribution in [0.25, 0.3) is 0 Å². The van der Waals surface area contributed by atoms with E-state index in [1.807, 2.05) is 4.72 Å². The summed E-state index contributed by atoms with van der Waals surface area (Å²) in [5.74, 6) is -0.965. The maximum Gasteiger partial charge on any atom is 0.416 e. The van der Waals surface area contributed by atoms with Crippen LogP contribution in [0, 0.1) is 5.82 Å². The minimum atomic E-state index is -4.69. The Hall–Kier alpha value is -2.50. The van der Waals surface area contributed by atoms with E-state index >= 15 is 0 Å². The molecule has 11 heteroatoms.